The first kappa shape index (κ1) is 28.4. The van der Waals surface area contributed by atoms with E-state index in [0.29, 0.717) is 42.2 Å². The molecule has 2 aliphatic carbocycles. The van der Waals surface area contributed by atoms with Gasteiger partial charge in [0.2, 0.25) is 16.9 Å². The summed E-state index contributed by atoms with van der Waals surface area (Å²) in [5, 5.41) is 9.06. The SMILES string of the molecule is O=C(O)CC(CC1CCCC1)C(=O)N(c1nc(-c2cc(F)ccc2-c2ccc(N3CCCC3=O)nc2)c(F)s1)C1CC1. The number of nitrogens with zero attached hydrogens (tertiary/aromatic N) is 4. The summed E-state index contributed by atoms with van der Waals surface area (Å²) in [4.78, 5) is 49.7. The van der Waals surface area contributed by atoms with Gasteiger partial charge in [0, 0.05) is 42.2 Å². The maximum absolute atomic E-state index is 15.6. The summed E-state index contributed by atoms with van der Waals surface area (Å²) in [7, 11) is 0. The number of hydrogen-bond donors (Lipinski definition) is 1. The van der Waals surface area contributed by atoms with Crippen molar-refractivity contribution in [2.45, 2.75) is 70.3 Å². The van der Waals surface area contributed by atoms with Crippen LogP contribution in [0.25, 0.3) is 22.4 Å². The average molecular weight is 595 g/mol. The molecule has 0 spiro atoms. The minimum absolute atomic E-state index is 0.0124. The quantitative estimate of drug-likeness (QED) is 0.290. The van der Waals surface area contributed by atoms with Crippen molar-refractivity contribution in [3.8, 4) is 22.4 Å². The van der Waals surface area contributed by atoms with Gasteiger partial charge in [-0.15, -0.1) is 0 Å². The lowest BCUT2D eigenvalue weighted by Crippen LogP contribution is -2.39. The molecule has 1 aromatic carbocycles. The summed E-state index contributed by atoms with van der Waals surface area (Å²) >= 11 is 0.720. The molecular formula is C31H32F2N4O4S. The monoisotopic (exact) mass is 594 g/mol. The standard InChI is InChI=1S/C31H32F2N4O4S/c32-21-8-11-23(19-7-12-25(34-17-19)36-13-3-6-26(36)38)24(16-21)28-29(33)42-31(35-28)37(22-9-10-22)30(41)20(15-27(39)40)14-18-4-1-2-5-18/h7-8,11-12,16-18,20,22H,1-6,9-10,13-15H2,(H,39,40). The zero-order valence-corrected chi connectivity index (χ0v) is 23.9. The van der Waals surface area contributed by atoms with Crippen LogP contribution in [0.1, 0.15) is 64.2 Å². The highest BCUT2D eigenvalue weighted by atomic mass is 32.1. The minimum atomic E-state index is -1.04. The molecular weight excluding hydrogens is 562 g/mol. The van der Waals surface area contributed by atoms with E-state index in [2.05, 4.69) is 9.97 Å². The fourth-order valence-corrected chi connectivity index (χ4v) is 7.10. The van der Waals surface area contributed by atoms with Crippen LogP contribution in [-0.2, 0) is 14.4 Å². The summed E-state index contributed by atoms with van der Waals surface area (Å²) in [6.07, 6.45) is 8.63. The second-order valence-corrected chi connectivity index (χ2v) is 12.4. The van der Waals surface area contributed by atoms with Crippen LogP contribution in [0.3, 0.4) is 0 Å². The highest BCUT2D eigenvalue weighted by Crippen LogP contribution is 2.42. The van der Waals surface area contributed by atoms with Crippen molar-refractivity contribution < 1.29 is 28.3 Å². The first-order chi connectivity index (χ1) is 20.3. The summed E-state index contributed by atoms with van der Waals surface area (Å²) in [5.41, 5.74) is 1.25. The molecule has 3 aliphatic rings. The molecule has 0 radical (unpaired) electrons. The summed E-state index contributed by atoms with van der Waals surface area (Å²) < 4.78 is 30.1. The second kappa shape index (κ2) is 11.9. The van der Waals surface area contributed by atoms with Crippen LogP contribution >= 0.6 is 11.3 Å². The van der Waals surface area contributed by atoms with Gasteiger partial charge in [-0.1, -0.05) is 43.1 Å². The second-order valence-electron chi connectivity index (χ2n) is 11.5. The number of hydrogen-bond acceptors (Lipinski definition) is 6. The van der Waals surface area contributed by atoms with Crippen molar-refractivity contribution in [2.75, 3.05) is 16.3 Å². The van der Waals surface area contributed by atoms with Crippen molar-refractivity contribution in [1.82, 2.24) is 9.97 Å². The Morgan fingerprint density at radius 1 is 1.07 bits per heavy atom. The maximum Gasteiger partial charge on any atom is 0.304 e. The number of amides is 2. The van der Waals surface area contributed by atoms with E-state index < -0.39 is 22.8 Å². The number of halogens is 2. The van der Waals surface area contributed by atoms with E-state index in [9.17, 15) is 23.9 Å². The number of carboxylic acids is 1. The molecule has 220 valence electrons. The van der Waals surface area contributed by atoms with Gasteiger partial charge < -0.3 is 5.11 Å². The largest absolute Gasteiger partial charge is 0.481 e. The van der Waals surface area contributed by atoms with Crippen LogP contribution in [0.5, 0.6) is 0 Å². The third-order valence-corrected chi connectivity index (χ3v) is 9.28. The lowest BCUT2D eigenvalue weighted by molar-refractivity contribution is -0.141. The zero-order valence-electron chi connectivity index (χ0n) is 23.1. The molecule has 3 aromatic rings. The number of carbonyl (C=O) groups is 3. The first-order valence-corrected chi connectivity index (χ1v) is 15.4. The Kier molecular flexibility index (Phi) is 8.02. The zero-order chi connectivity index (χ0) is 29.4. The maximum atomic E-state index is 15.6. The van der Waals surface area contributed by atoms with Crippen molar-refractivity contribution in [3.05, 3.63) is 47.5 Å². The van der Waals surface area contributed by atoms with Gasteiger partial charge in [0.1, 0.15) is 17.3 Å². The van der Waals surface area contributed by atoms with E-state index in [1.165, 1.54) is 23.1 Å². The van der Waals surface area contributed by atoms with E-state index in [1.807, 2.05) is 0 Å². The van der Waals surface area contributed by atoms with E-state index in [1.54, 1.807) is 23.2 Å². The van der Waals surface area contributed by atoms with Crippen molar-refractivity contribution in [2.24, 2.45) is 11.8 Å². The predicted molar refractivity (Wildman–Crippen MR) is 155 cm³/mol. The van der Waals surface area contributed by atoms with Crippen LogP contribution in [0, 0.1) is 22.8 Å². The predicted octanol–water partition coefficient (Wildman–Crippen LogP) is 6.44. The van der Waals surface area contributed by atoms with Crippen LogP contribution in [0.15, 0.2) is 36.5 Å². The fraction of sp³-hybridized carbons (Fsp3) is 0.452. The number of benzene rings is 1. The lowest BCUT2D eigenvalue weighted by Gasteiger charge is -2.26. The molecule has 6 rings (SSSR count). The minimum Gasteiger partial charge on any atom is -0.481 e. The Balaban J connectivity index is 1.32. The molecule has 1 aliphatic heterocycles. The van der Waals surface area contributed by atoms with Crippen LogP contribution in [0.4, 0.5) is 19.7 Å². The van der Waals surface area contributed by atoms with Gasteiger partial charge in [-0.3, -0.25) is 24.2 Å². The van der Waals surface area contributed by atoms with Gasteiger partial charge in [0.25, 0.3) is 0 Å². The van der Waals surface area contributed by atoms with Crippen molar-refractivity contribution in [1.29, 1.82) is 0 Å². The van der Waals surface area contributed by atoms with E-state index >= 15 is 4.39 Å². The van der Waals surface area contributed by atoms with Gasteiger partial charge in [-0.25, -0.2) is 14.4 Å². The van der Waals surface area contributed by atoms with Crippen molar-refractivity contribution in [3.63, 3.8) is 0 Å². The van der Waals surface area contributed by atoms with Gasteiger partial charge in [0.15, 0.2) is 5.13 Å². The van der Waals surface area contributed by atoms with E-state index in [0.717, 1.165) is 56.3 Å². The number of aliphatic carboxylic acids is 1. The van der Waals surface area contributed by atoms with Crippen LogP contribution in [0.2, 0.25) is 0 Å². The lowest BCUT2D eigenvalue weighted by atomic mass is 9.90. The number of carboxylic acid groups (broad SMARTS) is 1. The third-order valence-electron chi connectivity index (χ3n) is 8.44. The Hall–Kier alpha value is -3.73. The molecule has 1 saturated heterocycles. The number of aromatic nitrogens is 2. The molecule has 0 bridgehead atoms. The average Bonchev–Trinajstić information content (AvgIpc) is 3.29. The molecule has 11 heteroatoms. The van der Waals surface area contributed by atoms with Gasteiger partial charge in [-0.05, 0) is 61.4 Å². The van der Waals surface area contributed by atoms with Crippen LogP contribution < -0.4 is 9.80 Å². The molecule has 2 amide bonds. The topological polar surface area (TPSA) is 104 Å². The summed E-state index contributed by atoms with van der Waals surface area (Å²) in [6.45, 7) is 0.601. The Morgan fingerprint density at radius 2 is 1.86 bits per heavy atom. The molecule has 3 fully saturated rings. The van der Waals surface area contributed by atoms with E-state index in [4.69, 9.17) is 0 Å². The number of carbonyl (C=O) groups excluding carboxylic acids is 2. The third kappa shape index (κ3) is 5.92. The normalized spacial score (nSPS) is 18.0. The van der Waals surface area contributed by atoms with Crippen molar-refractivity contribution >= 4 is 40.1 Å². The molecule has 3 heterocycles. The molecule has 8 nitrogen and oxygen atoms in total. The highest BCUT2D eigenvalue weighted by molar-refractivity contribution is 7.14. The number of pyridine rings is 1. The number of anilines is 2. The van der Waals surface area contributed by atoms with Gasteiger partial charge >= 0.3 is 5.97 Å². The highest BCUT2D eigenvalue weighted by Gasteiger charge is 2.40. The summed E-state index contributed by atoms with van der Waals surface area (Å²) in [5.74, 6) is -1.80. The Morgan fingerprint density at radius 3 is 2.50 bits per heavy atom. The first-order valence-electron chi connectivity index (χ1n) is 14.6. The number of thiazole rings is 1. The molecule has 2 saturated carbocycles. The Bertz CT molecular complexity index is 1500. The van der Waals surface area contributed by atoms with Crippen LogP contribution in [-0.4, -0.2) is 45.4 Å². The number of rotatable bonds is 10. The molecule has 42 heavy (non-hydrogen) atoms. The molecule has 1 unspecified atom stereocenters. The molecule has 1 atom stereocenters. The van der Waals surface area contributed by atoms with E-state index in [-0.39, 0.29) is 40.7 Å². The van der Waals surface area contributed by atoms with Gasteiger partial charge in [-0.2, -0.15) is 4.39 Å². The van der Waals surface area contributed by atoms with Gasteiger partial charge in [0.05, 0.1) is 6.42 Å². The molecule has 1 N–H and O–H groups in total. The summed E-state index contributed by atoms with van der Waals surface area (Å²) in [6, 6.07) is 7.35. The smallest absolute Gasteiger partial charge is 0.304 e. The fourth-order valence-electron chi connectivity index (χ4n) is 6.21. The molecule has 2 aromatic heterocycles. The Labute approximate surface area is 246 Å².